The Balaban J connectivity index is 1.89. The monoisotopic (exact) mass is 278 g/mol. The van der Waals surface area contributed by atoms with Gasteiger partial charge in [0.25, 0.3) is 0 Å². The maximum atomic E-state index is 11.3. The van der Waals surface area contributed by atoms with Gasteiger partial charge in [0.2, 0.25) is 0 Å². The SMILES string of the molecule is CCOC(=O)/C=C(C)/C=C\C1=CCC2(CC1)OCCO2. The van der Waals surface area contributed by atoms with Crippen LogP contribution < -0.4 is 0 Å². The van der Waals surface area contributed by atoms with Gasteiger partial charge in [-0.25, -0.2) is 4.79 Å². The van der Waals surface area contributed by atoms with E-state index in [4.69, 9.17) is 14.2 Å². The molecule has 1 aliphatic carbocycles. The molecule has 0 aromatic rings. The third kappa shape index (κ3) is 4.05. The highest BCUT2D eigenvalue weighted by molar-refractivity contribution is 5.83. The van der Waals surface area contributed by atoms with Gasteiger partial charge in [-0.3, -0.25) is 0 Å². The summed E-state index contributed by atoms with van der Waals surface area (Å²) in [5.74, 6) is -0.661. The summed E-state index contributed by atoms with van der Waals surface area (Å²) in [6.07, 6.45) is 10.3. The van der Waals surface area contributed by atoms with Gasteiger partial charge in [0.05, 0.1) is 19.8 Å². The minimum Gasteiger partial charge on any atom is -0.463 e. The largest absolute Gasteiger partial charge is 0.463 e. The average molecular weight is 278 g/mol. The van der Waals surface area contributed by atoms with Gasteiger partial charge in [0, 0.05) is 18.9 Å². The molecule has 2 aliphatic rings. The quantitative estimate of drug-likeness (QED) is 0.450. The van der Waals surface area contributed by atoms with Crippen molar-refractivity contribution in [1.29, 1.82) is 0 Å². The summed E-state index contributed by atoms with van der Waals surface area (Å²) >= 11 is 0. The molecule has 0 amide bonds. The molecular weight excluding hydrogens is 256 g/mol. The van der Waals surface area contributed by atoms with Crippen molar-refractivity contribution < 1.29 is 19.0 Å². The molecule has 0 radical (unpaired) electrons. The topological polar surface area (TPSA) is 44.8 Å². The van der Waals surface area contributed by atoms with Crippen molar-refractivity contribution >= 4 is 5.97 Å². The van der Waals surface area contributed by atoms with Crippen LogP contribution in [0.3, 0.4) is 0 Å². The molecule has 0 N–H and O–H groups in total. The van der Waals surface area contributed by atoms with E-state index in [9.17, 15) is 4.79 Å². The van der Waals surface area contributed by atoms with Crippen LogP contribution in [0.5, 0.6) is 0 Å². The number of carbonyl (C=O) groups is 1. The van der Waals surface area contributed by atoms with Gasteiger partial charge in [-0.2, -0.15) is 0 Å². The van der Waals surface area contributed by atoms with Crippen LogP contribution in [0.1, 0.15) is 33.1 Å². The molecule has 0 saturated carbocycles. The van der Waals surface area contributed by atoms with Gasteiger partial charge in [0.1, 0.15) is 0 Å². The number of allylic oxidation sites excluding steroid dienone is 4. The summed E-state index contributed by atoms with van der Waals surface area (Å²) in [4.78, 5) is 11.3. The molecule has 1 heterocycles. The molecule has 4 nitrogen and oxygen atoms in total. The molecule has 2 rings (SSSR count). The molecule has 0 unspecified atom stereocenters. The highest BCUT2D eigenvalue weighted by Crippen LogP contribution is 2.35. The Hall–Kier alpha value is -1.39. The number of hydrogen-bond donors (Lipinski definition) is 0. The van der Waals surface area contributed by atoms with Crippen molar-refractivity contribution in [2.45, 2.75) is 38.9 Å². The molecule has 20 heavy (non-hydrogen) atoms. The minimum absolute atomic E-state index is 0.293. The van der Waals surface area contributed by atoms with E-state index in [1.807, 2.05) is 19.1 Å². The Morgan fingerprint density at radius 1 is 1.45 bits per heavy atom. The zero-order chi connectivity index (χ0) is 14.4. The molecule has 0 atom stereocenters. The van der Waals surface area contributed by atoms with E-state index >= 15 is 0 Å². The second-order valence-corrected chi connectivity index (χ2v) is 5.06. The molecule has 1 fully saturated rings. The Labute approximate surface area is 120 Å². The zero-order valence-corrected chi connectivity index (χ0v) is 12.2. The van der Waals surface area contributed by atoms with E-state index in [-0.39, 0.29) is 11.8 Å². The number of carbonyl (C=O) groups excluding carboxylic acids is 1. The molecule has 0 aromatic carbocycles. The average Bonchev–Trinajstić information content (AvgIpc) is 2.87. The first-order valence-corrected chi connectivity index (χ1v) is 7.14. The second kappa shape index (κ2) is 6.86. The van der Waals surface area contributed by atoms with Crippen LogP contribution >= 0.6 is 0 Å². The van der Waals surface area contributed by atoms with Crippen molar-refractivity contribution in [2.24, 2.45) is 0 Å². The first-order chi connectivity index (χ1) is 9.63. The third-order valence-corrected chi connectivity index (χ3v) is 3.48. The lowest BCUT2D eigenvalue weighted by Crippen LogP contribution is -2.31. The van der Waals surface area contributed by atoms with Gasteiger partial charge in [0.15, 0.2) is 5.79 Å². The highest BCUT2D eigenvalue weighted by Gasteiger charge is 2.37. The first kappa shape index (κ1) is 15.0. The number of hydrogen-bond acceptors (Lipinski definition) is 4. The summed E-state index contributed by atoms with van der Waals surface area (Å²) in [5, 5.41) is 0. The minimum atomic E-state index is -0.368. The van der Waals surface area contributed by atoms with Gasteiger partial charge >= 0.3 is 5.97 Å². The van der Waals surface area contributed by atoms with Crippen LogP contribution in [0.25, 0.3) is 0 Å². The summed E-state index contributed by atoms with van der Waals surface area (Å²) in [6.45, 7) is 5.48. The van der Waals surface area contributed by atoms with E-state index in [1.54, 1.807) is 6.92 Å². The summed E-state index contributed by atoms with van der Waals surface area (Å²) in [7, 11) is 0. The number of esters is 1. The molecular formula is C16H22O4. The maximum Gasteiger partial charge on any atom is 0.330 e. The fourth-order valence-corrected chi connectivity index (χ4v) is 2.39. The van der Waals surface area contributed by atoms with Crippen molar-refractivity contribution in [3.05, 3.63) is 35.5 Å². The summed E-state index contributed by atoms with van der Waals surface area (Å²) < 4.78 is 16.2. The normalized spacial score (nSPS) is 22.3. The van der Waals surface area contributed by atoms with Crippen molar-refractivity contribution in [2.75, 3.05) is 19.8 Å². The van der Waals surface area contributed by atoms with Crippen molar-refractivity contribution in [3.8, 4) is 0 Å². The predicted molar refractivity (Wildman–Crippen MR) is 76.1 cm³/mol. The van der Waals surface area contributed by atoms with E-state index in [0.29, 0.717) is 19.8 Å². The van der Waals surface area contributed by atoms with Crippen molar-refractivity contribution in [1.82, 2.24) is 0 Å². The maximum absolute atomic E-state index is 11.3. The molecule has 0 bridgehead atoms. The summed E-state index contributed by atoms with van der Waals surface area (Å²) in [6, 6.07) is 0. The molecule has 0 aromatic heterocycles. The van der Waals surface area contributed by atoms with Crippen LogP contribution in [0.4, 0.5) is 0 Å². The molecule has 110 valence electrons. The van der Waals surface area contributed by atoms with Gasteiger partial charge < -0.3 is 14.2 Å². The Kier molecular flexibility index (Phi) is 5.15. The Bertz CT molecular complexity index is 439. The van der Waals surface area contributed by atoms with Gasteiger partial charge in [-0.1, -0.05) is 23.8 Å². The molecule has 4 heteroatoms. The molecule has 1 aliphatic heterocycles. The molecule has 1 spiro atoms. The molecule has 1 saturated heterocycles. The fraction of sp³-hybridized carbons (Fsp3) is 0.562. The lowest BCUT2D eigenvalue weighted by molar-refractivity contribution is -0.161. The van der Waals surface area contributed by atoms with E-state index in [0.717, 1.165) is 24.8 Å². The summed E-state index contributed by atoms with van der Waals surface area (Å²) in [5.41, 5.74) is 2.14. The Morgan fingerprint density at radius 3 is 2.80 bits per heavy atom. The van der Waals surface area contributed by atoms with Crippen LogP contribution in [-0.2, 0) is 19.0 Å². The van der Waals surface area contributed by atoms with E-state index in [2.05, 4.69) is 6.08 Å². The lowest BCUT2D eigenvalue weighted by Gasteiger charge is -2.29. The van der Waals surface area contributed by atoms with Crippen LogP contribution in [-0.4, -0.2) is 31.6 Å². The first-order valence-electron chi connectivity index (χ1n) is 7.14. The zero-order valence-electron chi connectivity index (χ0n) is 12.2. The third-order valence-electron chi connectivity index (χ3n) is 3.48. The lowest BCUT2D eigenvalue weighted by atomic mass is 9.93. The fourth-order valence-electron chi connectivity index (χ4n) is 2.39. The van der Waals surface area contributed by atoms with Crippen molar-refractivity contribution in [3.63, 3.8) is 0 Å². The smallest absolute Gasteiger partial charge is 0.330 e. The van der Waals surface area contributed by atoms with Crippen LogP contribution in [0, 0.1) is 0 Å². The van der Waals surface area contributed by atoms with E-state index in [1.165, 1.54) is 11.6 Å². The highest BCUT2D eigenvalue weighted by atomic mass is 16.7. The number of ether oxygens (including phenoxy) is 3. The second-order valence-electron chi connectivity index (χ2n) is 5.06. The number of rotatable bonds is 4. The standard InChI is InChI=1S/C16H22O4/c1-3-18-15(17)12-13(2)4-5-14-6-8-16(9-7-14)19-10-11-20-16/h4-6,12H,3,7-11H2,1-2H3/b5-4-,13-12+. The van der Waals surface area contributed by atoms with E-state index < -0.39 is 0 Å². The Morgan fingerprint density at radius 2 is 2.20 bits per heavy atom. The van der Waals surface area contributed by atoms with Crippen LogP contribution in [0.2, 0.25) is 0 Å². The van der Waals surface area contributed by atoms with Crippen LogP contribution in [0.15, 0.2) is 35.5 Å². The van der Waals surface area contributed by atoms with Gasteiger partial charge in [-0.05, 0) is 25.8 Å². The predicted octanol–water partition coefficient (Wildman–Crippen LogP) is 2.91. The van der Waals surface area contributed by atoms with Gasteiger partial charge in [-0.15, -0.1) is 0 Å².